The number of carbonyl (C=O) groups excluding carboxylic acids is 2. The molecule has 0 spiro atoms. The minimum atomic E-state index is -0.413. The van der Waals surface area contributed by atoms with E-state index in [0.29, 0.717) is 11.3 Å². The molecular weight excluding hydrogens is 184 g/mol. The van der Waals surface area contributed by atoms with E-state index >= 15 is 0 Å². The highest BCUT2D eigenvalue weighted by atomic mass is 16.5. The van der Waals surface area contributed by atoms with Crippen LogP contribution in [0.3, 0.4) is 0 Å². The number of nitrogens with two attached hydrogens (primary N) is 1. The van der Waals surface area contributed by atoms with E-state index in [-0.39, 0.29) is 6.61 Å². The Hall–Kier alpha value is -1.88. The number of hydrazine groups is 1. The summed E-state index contributed by atoms with van der Waals surface area (Å²) in [5.41, 5.74) is 2.49. The number of nitrogens with one attached hydrogen (secondary N) is 1. The van der Waals surface area contributed by atoms with E-state index in [2.05, 4.69) is 0 Å². The van der Waals surface area contributed by atoms with Gasteiger partial charge in [0.05, 0.1) is 0 Å². The average molecular weight is 194 g/mol. The fourth-order valence-electron chi connectivity index (χ4n) is 0.833. The van der Waals surface area contributed by atoms with Gasteiger partial charge in [-0.05, 0) is 24.3 Å². The number of aldehydes is 1. The zero-order chi connectivity index (χ0) is 10.4. The Balaban J connectivity index is 2.51. The Bertz CT molecular complexity index is 321. The van der Waals surface area contributed by atoms with Gasteiger partial charge in [0.2, 0.25) is 0 Å². The molecule has 0 saturated heterocycles. The van der Waals surface area contributed by atoms with E-state index in [1.165, 1.54) is 0 Å². The largest absolute Gasteiger partial charge is 0.484 e. The second-order valence-corrected chi connectivity index (χ2v) is 2.54. The van der Waals surface area contributed by atoms with Crippen LogP contribution in [0, 0.1) is 0 Å². The van der Waals surface area contributed by atoms with Gasteiger partial charge in [-0.15, -0.1) is 0 Å². The molecule has 0 radical (unpaired) electrons. The van der Waals surface area contributed by atoms with Crippen LogP contribution in [-0.4, -0.2) is 18.8 Å². The lowest BCUT2D eigenvalue weighted by Gasteiger charge is -2.04. The number of carbonyl (C=O) groups is 2. The van der Waals surface area contributed by atoms with Crippen LogP contribution in [0.1, 0.15) is 10.4 Å². The van der Waals surface area contributed by atoms with Gasteiger partial charge >= 0.3 is 0 Å². The third kappa shape index (κ3) is 2.87. The second-order valence-electron chi connectivity index (χ2n) is 2.54. The molecule has 1 aromatic rings. The molecule has 5 heteroatoms. The summed E-state index contributed by atoms with van der Waals surface area (Å²) < 4.78 is 5.05. The maximum atomic E-state index is 10.7. The van der Waals surface area contributed by atoms with Crippen LogP contribution in [0.5, 0.6) is 5.75 Å². The van der Waals surface area contributed by atoms with Gasteiger partial charge in [-0.1, -0.05) is 0 Å². The van der Waals surface area contributed by atoms with Crippen molar-refractivity contribution in [1.29, 1.82) is 0 Å². The van der Waals surface area contributed by atoms with Crippen LogP contribution in [-0.2, 0) is 4.79 Å². The maximum Gasteiger partial charge on any atom is 0.271 e. The number of ether oxygens (including phenoxy) is 1. The van der Waals surface area contributed by atoms with E-state index < -0.39 is 5.91 Å². The standard InChI is InChI=1S/C9H10N2O3/c10-11-9(13)6-14-8-3-1-7(5-12)2-4-8/h1-5H,6,10H2,(H,11,13). The molecule has 0 fully saturated rings. The van der Waals surface area contributed by atoms with Crippen molar-refractivity contribution in [3.8, 4) is 5.75 Å². The van der Waals surface area contributed by atoms with Crippen molar-refractivity contribution >= 4 is 12.2 Å². The molecule has 1 amide bonds. The van der Waals surface area contributed by atoms with Crippen molar-refractivity contribution in [2.24, 2.45) is 5.84 Å². The predicted octanol–water partition coefficient (Wildman–Crippen LogP) is -0.132. The second kappa shape index (κ2) is 4.98. The van der Waals surface area contributed by atoms with Gasteiger partial charge in [0, 0.05) is 5.56 Å². The summed E-state index contributed by atoms with van der Waals surface area (Å²) in [5.74, 6) is 4.96. The maximum absolute atomic E-state index is 10.7. The van der Waals surface area contributed by atoms with Crippen LogP contribution in [0.25, 0.3) is 0 Å². The zero-order valence-corrected chi connectivity index (χ0v) is 7.40. The van der Waals surface area contributed by atoms with Crippen molar-refractivity contribution in [2.75, 3.05) is 6.61 Å². The average Bonchev–Trinajstić information content (AvgIpc) is 2.26. The fourth-order valence-corrected chi connectivity index (χ4v) is 0.833. The Morgan fingerprint density at radius 3 is 2.57 bits per heavy atom. The van der Waals surface area contributed by atoms with Crippen molar-refractivity contribution < 1.29 is 14.3 Å². The minimum Gasteiger partial charge on any atom is -0.484 e. The van der Waals surface area contributed by atoms with Crippen LogP contribution < -0.4 is 16.0 Å². The highest BCUT2D eigenvalue weighted by molar-refractivity contribution is 5.77. The van der Waals surface area contributed by atoms with Gasteiger partial charge < -0.3 is 4.74 Å². The van der Waals surface area contributed by atoms with Gasteiger partial charge in [-0.3, -0.25) is 15.0 Å². The summed E-state index contributed by atoms with van der Waals surface area (Å²) in [6, 6.07) is 6.41. The van der Waals surface area contributed by atoms with Crippen LogP contribution >= 0.6 is 0 Å². The highest BCUT2D eigenvalue weighted by Gasteiger charge is 1.99. The van der Waals surface area contributed by atoms with Gasteiger partial charge in [0.15, 0.2) is 6.61 Å². The molecule has 0 atom stereocenters. The molecule has 14 heavy (non-hydrogen) atoms. The van der Waals surface area contributed by atoms with Gasteiger partial charge in [0.25, 0.3) is 5.91 Å². The fraction of sp³-hybridized carbons (Fsp3) is 0.111. The molecule has 0 heterocycles. The molecular formula is C9H10N2O3. The lowest BCUT2D eigenvalue weighted by Crippen LogP contribution is -2.34. The number of benzene rings is 1. The quantitative estimate of drug-likeness (QED) is 0.303. The van der Waals surface area contributed by atoms with Crippen molar-refractivity contribution in [3.63, 3.8) is 0 Å². The molecule has 0 saturated carbocycles. The molecule has 1 aromatic carbocycles. The molecule has 0 aliphatic rings. The molecule has 0 bridgehead atoms. The number of hydrogen-bond donors (Lipinski definition) is 2. The zero-order valence-electron chi connectivity index (χ0n) is 7.40. The third-order valence-corrected chi connectivity index (χ3v) is 1.55. The number of amides is 1. The van der Waals surface area contributed by atoms with Crippen molar-refractivity contribution in [3.05, 3.63) is 29.8 Å². The van der Waals surface area contributed by atoms with Gasteiger partial charge in [-0.2, -0.15) is 0 Å². The summed E-state index contributed by atoms with van der Waals surface area (Å²) in [7, 11) is 0. The van der Waals surface area contributed by atoms with Gasteiger partial charge in [0.1, 0.15) is 12.0 Å². The minimum absolute atomic E-state index is 0.142. The topological polar surface area (TPSA) is 81.4 Å². The number of hydrogen-bond acceptors (Lipinski definition) is 4. The van der Waals surface area contributed by atoms with E-state index in [1.807, 2.05) is 5.43 Å². The summed E-state index contributed by atoms with van der Waals surface area (Å²) in [5, 5.41) is 0. The molecule has 0 aliphatic heterocycles. The summed E-state index contributed by atoms with van der Waals surface area (Å²) in [6.45, 7) is -0.142. The normalized spacial score (nSPS) is 9.21. The van der Waals surface area contributed by atoms with Crippen LogP contribution in [0.15, 0.2) is 24.3 Å². The van der Waals surface area contributed by atoms with E-state index in [0.717, 1.165) is 6.29 Å². The lowest BCUT2D eigenvalue weighted by atomic mass is 10.2. The Labute approximate surface area is 80.8 Å². The summed E-state index contributed by atoms with van der Waals surface area (Å²) in [4.78, 5) is 21.0. The van der Waals surface area contributed by atoms with E-state index in [4.69, 9.17) is 10.6 Å². The Morgan fingerprint density at radius 2 is 2.07 bits per heavy atom. The van der Waals surface area contributed by atoms with E-state index in [1.54, 1.807) is 24.3 Å². The third-order valence-electron chi connectivity index (χ3n) is 1.55. The van der Waals surface area contributed by atoms with Gasteiger partial charge in [-0.25, -0.2) is 5.84 Å². The molecule has 1 rings (SSSR count). The summed E-state index contributed by atoms with van der Waals surface area (Å²) in [6.07, 6.45) is 0.733. The first-order valence-electron chi connectivity index (χ1n) is 3.93. The molecule has 0 aliphatic carbocycles. The number of rotatable bonds is 4. The SMILES string of the molecule is NNC(=O)COc1ccc(C=O)cc1. The smallest absolute Gasteiger partial charge is 0.271 e. The molecule has 5 nitrogen and oxygen atoms in total. The Morgan fingerprint density at radius 1 is 1.43 bits per heavy atom. The van der Waals surface area contributed by atoms with Crippen LogP contribution in [0.4, 0.5) is 0 Å². The van der Waals surface area contributed by atoms with Crippen molar-refractivity contribution in [2.45, 2.75) is 0 Å². The molecule has 0 aromatic heterocycles. The molecule has 74 valence electrons. The Kier molecular flexibility index (Phi) is 3.63. The predicted molar refractivity (Wildman–Crippen MR) is 49.7 cm³/mol. The van der Waals surface area contributed by atoms with E-state index in [9.17, 15) is 9.59 Å². The first kappa shape index (κ1) is 10.2. The highest BCUT2D eigenvalue weighted by Crippen LogP contribution is 2.10. The van der Waals surface area contributed by atoms with Crippen molar-refractivity contribution in [1.82, 2.24) is 5.43 Å². The van der Waals surface area contributed by atoms with Crippen LogP contribution in [0.2, 0.25) is 0 Å². The monoisotopic (exact) mass is 194 g/mol. The lowest BCUT2D eigenvalue weighted by molar-refractivity contribution is -0.123. The molecule has 3 N–H and O–H groups in total. The first-order valence-corrected chi connectivity index (χ1v) is 3.93. The summed E-state index contributed by atoms with van der Waals surface area (Å²) >= 11 is 0. The first-order chi connectivity index (χ1) is 6.76. The molecule has 0 unspecified atom stereocenters.